The predicted octanol–water partition coefficient (Wildman–Crippen LogP) is 0.326. The number of carbonyl (C=O) groups is 1. The number of amides is 1. The Balaban J connectivity index is 1.48. The van der Waals surface area contributed by atoms with Gasteiger partial charge < -0.3 is 16.0 Å². The van der Waals surface area contributed by atoms with E-state index in [1.54, 1.807) is 10.9 Å². The molecule has 19 heavy (non-hydrogen) atoms. The number of anilines is 1. The van der Waals surface area contributed by atoms with Crippen LogP contribution in [0.1, 0.15) is 25.7 Å². The maximum absolute atomic E-state index is 11.7. The third kappa shape index (κ3) is 3.70. The summed E-state index contributed by atoms with van der Waals surface area (Å²) in [5.41, 5.74) is 0.993. The normalized spacial score (nSPS) is 23.1. The van der Waals surface area contributed by atoms with Crippen LogP contribution < -0.4 is 16.0 Å². The highest BCUT2D eigenvalue weighted by molar-refractivity contribution is 5.76. The van der Waals surface area contributed by atoms with E-state index in [9.17, 15) is 4.79 Å². The van der Waals surface area contributed by atoms with Crippen LogP contribution >= 0.6 is 0 Å². The zero-order valence-corrected chi connectivity index (χ0v) is 11.1. The number of rotatable bonds is 5. The molecule has 6 nitrogen and oxygen atoms in total. The molecule has 1 aromatic heterocycles. The second-order valence-electron chi connectivity index (χ2n) is 5.46. The van der Waals surface area contributed by atoms with Crippen molar-refractivity contribution in [3.8, 4) is 0 Å². The third-order valence-corrected chi connectivity index (χ3v) is 3.55. The molecule has 3 N–H and O–H groups in total. The van der Waals surface area contributed by atoms with Gasteiger partial charge in [0.1, 0.15) is 6.54 Å². The molecular weight excluding hydrogens is 242 g/mol. The lowest BCUT2D eigenvalue weighted by molar-refractivity contribution is -0.122. The number of hydrogen-bond acceptors (Lipinski definition) is 4. The molecule has 2 aliphatic rings. The van der Waals surface area contributed by atoms with Crippen molar-refractivity contribution in [2.24, 2.45) is 0 Å². The smallest absolute Gasteiger partial charge is 0.241 e. The van der Waals surface area contributed by atoms with Gasteiger partial charge in [-0.2, -0.15) is 5.10 Å². The Hall–Kier alpha value is -1.56. The third-order valence-electron chi connectivity index (χ3n) is 3.55. The quantitative estimate of drug-likeness (QED) is 0.716. The van der Waals surface area contributed by atoms with Gasteiger partial charge in [-0.1, -0.05) is 0 Å². The van der Waals surface area contributed by atoms with Gasteiger partial charge in [-0.05, 0) is 32.2 Å². The maximum Gasteiger partial charge on any atom is 0.241 e. The summed E-state index contributed by atoms with van der Waals surface area (Å²) in [4.78, 5) is 11.7. The molecule has 2 fully saturated rings. The molecule has 3 rings (SSSR count). The van der Waals surface area contributed by atoms with Crippen molar-refractivity contribution in [1.29, 1.82) is 0 Å². The van der Waals surface area contributed by atoms with Crippen LogP contribution in [0.5, 0.6) is 0 Å². The zero-order chi connectivity index (χ0) is 13.1. The fourth-order valence-electron chi connectivity index (χ4n) is 2.38. The average molecular weight is 263 g/mol. The van der Waals surface area contributed by atoms with Crippen LogP contribution in [0.3, 0.4) is 0 Å². The van der Waals surface area contributed by atoms with E-state index in [0.717, 1.165) is 31.6 Å². The molecule has 104 valence electrons. The lowest BCUT2D eigenvalue weighted by atomic mass is 10.1. The summed E-state index contributed by atoms with van der Waals surface area (Å²) in [6.07, 6.45) is 8.31. The monoisotopic (exact) mass is 263 g/mol. The van der Waals surface area contributed by atoms with Crippen molar-refractivity contribution < 1.29 is 4.79 Å². The highest BCUT2D eigenvalue weighted by Gasteiger charge is 2.23. The van der Waals surface area contributed by atoms with E-state index < -0.39 is 0 Å². The molecule has 1 aliphatic carbocycles. The summed E-state index contributed by atoms with van der Waals surface area (Å²) in [6, 6.07) is 0.876. The van der Waals surface area contributed by atoms with Crippen LogP contribution in [0.4, 0.5) is 5.69 Å². The van der Waals surface area contributed by atoms with Crippen LogP contribution in [0, 0.1) is 0 Å². The van der Waals surface area contributed by atoms with E-state index in [1.807, 2.05) is 6.20 Å². The molecule has 1 aliphatic heterocycles. The summed E-state index contributed by atoms with van der Waals surface area (Å²) in [7, 11) is 0. The van der Waals surface area contributed by atoms with Crippen LogP contribution in [-0.2, 0) is 11.3 Å². The van der Waals surface area contributed by atoms with Crippen molar-refractivity contribution in [3.05, 3.63) is 12.4 Å². The molecule has 1 saturated carbocycles. The maximum atomic E-state index is 11.7. The van der Waals surface area contributed by atoms with Crippen LogP contribution in [-0.4, -0.2) is 40.9 Å². The van der Waals surface area contributed by atoms with Gasteiger partial charge in [0.25, 0.3) is 0 Å². The van der Waals surface area contributed by atoms with Gasteiger partial charge in [-0.25, -0.2) is 0 Å². The molecule has 0 radical (unpaired) electrons. The van der Waals surface area contributed by atoms with E-state index in [0.29, 0.717) is 18.6 Å². The first-order valence-corrected chi connectivity index (χ1v) is 7.09. The minimum absolute atomic E-state index is 0.0523. The second-order valence-corrected chi connectivity index (χ2v) is 5.46. The molecule has 6 heteroatoms. The Bertz CT molecular complexity index is 434. The van der Waals surface area contributed by atoms with Crippen LogP contribution in [0.25, 0.3) is 0 Å². The van der Waals surface area contributed by atoms with E-state index in [1.165, 1.54) is 12.8 Å². The number of nitrogens with zero attached hydrogens (tertiary/aromatic N) is 2. The predicted molar refractivity (Wildman–Crippen MR) is 72.9 cm³/mol. The minimum atomic E-state index is 0.0523. The molecule has 1 saturated heterocycles. The number of piperidine rings is 1. The number of aromatic nitrogens is 2. The van der Waals surface area contributed by atoms with Gasteiger partial charge in [0.15, 0.2) is 0 Å². The van der Waals surface area contributed by atoms with Crippen molar-refractivity contribution in [2.45, 2.75) is 44.3 Å². The first-order valence-electron chi connectivity index (χ1n) is 7.09. The molecule has 1 amide bonds. The van der Waals surface area contributed by atoms with E-state index >= 15 is 0 Å². The van der Waals surface area contributed by atoms with Gasteiger partial charge in [-0.3, -0.25) is 9.48 Å². The number of hydrogen-bond donors (Lipinski definition) is 3. The lowest BCUT2D eigenvalue weighted by Gasteiger charge is -2.23. The summed E-state index contributed by atoms with van der Waals surface area (Å²) in [6.45, 7) is 2.41. The minimum Gasteiger partial charge on any atom is -0.378 e. The Morgan fingerprint density at radius 2 is 2.32 bits per heavy atom. The lowest BCUT2D eigenvalue weighted by Crippen LogP contribution is -2.38. The summed E-state index contributed by atoms with van der Waals surface area (Å²) in [5.74, 6) is 0.0523. The molecule has 1 unspecified atom stereocenters. The molecule has 0 spiro atoms. The van der Waals surface area contributed by atoms with Gasteiger partial charge in [0, 0.05) is 24.8 Å². The first kappa shape index (κ1) is 12.5. The first-order chi connectivity index (χ1) is 9.29. The van der Waals surface area contributed by atoms with Gasteiger partial charge in [-0.15, -0.1) is 0 Å². The largest absolute Gasteiger partial charge is 0.378 e. The van der Waals surface area contributed by atoms with Crippen molar-refractivity contribution in [2.75, 3.05) is 18.4 Å². The van der Waals surface area contributed by atoms with Crippen LogP contribution in [0.15, 0.2) is 12.4 Å². The average Bonchev–Trinajstić information content (AvgIpc) is 3.11. The Morgan fingerprint density at radius 3 is 3.05 bits per heavy atom. The van der Waals surface area contributed by atoms with Gasteiger partial charge in [0.05, 0.1) is 11.9 Å². The van der Waals surface area contributed by atoms with Gasteiger partial charge in [0.2, 0.25) is 5.91 Å². The summed E-state index contributed by atoms with van der Waals surface area (Å²) >= 11 is 0. The zero-order valence-electron chi connectivity index (χ0n) is 11.1. The molecule has 1 aromatic rings. The SMILES string of the molecule is O=C(Cn1cc(NC2CCCNC2)cn1)NC1CC1. The Kier molecular flexibility index (Phi) is 3.68. The fourth-order valence-corrected chi connectivity index (χ4v) is 2.38. The fraction of sp³-hybridized carbons (Fsp3) is 0.692. The highest BCUT2D eigenvalue weighted by Crippen LogP contribution is 2.18. The van der Waals surface area contributed by atoms with Crippen molar-refractivity contribution >= 4 is 11.6 Å². The van der Waals surface area contributed by atoms with E-state index in [2.05, 4.69) is 21.0 Å². The number of carbonyl (C=O) groups excluding carboxylic acids is 1. The summed E-state index contributed by atoms with van der Waals surface area (Å²) in [5, 5.41) is 14.0. The topological polar surface area (TPSA) is 71.0 Å². The van der Waals surface area contributed by atoms with Crippen molar-refractivity contribution in [1.82, 2.24) is 20.4 Å². The molecule has 1 atom stereocenters. The number of nitrogens with one attached hydrogen (secondary N) is 3. The van der Waals surface area contributed by atoms with Gasteiger partial charge >= 0.3 is 0 Å². The summed E-state index contributed by atoms with van der Waals surface area (Å²) < 4.78 is 1.69. The van der Waals surface area contributed by atoms with Crippen LogP contribution in [0.2, 0.25) is 0 Å². The Morgan fingerprint density at radius 1 is 1.42 bits per heavy atom. The second kappa shape index (κ2) is 5.61. The molecule has 0 aromatic carbocycles. The highest BCUT2D eigenvalue weighted by atomic mass is 16.2. The van der Waals surface area contributed by atoms with E-state index in [-0.39, 0.29) is 5.91 Å². The standard InChI is InChI=1S/C13H21N5O/c19-13(17-10-3-4-10)9-18-8-12(7-15-18)16-11-2-1-5-14-6-11/h7-8,10-11,14,16H,1-6,9H2,(H,17,19). The molecule has 0 bridgehead atoms. The van der Waals surface area contributed by atoms with E-state index in [4.69, 9.17) is 0 Å². The molecule has 2 heterocycles. The molecular formula is C13H21N5O. The Labute approximate surface area is 112 Å². The van der Waals surface area contributed by atoms with Crippen molar-refractivity contribution in [3.63, 3.8) is 0 Å².